The summed E-state index contributed by atoms with van der Waals surface area (Å²) in [7, 11) is 1.60. The zero-order chi connectivity index (χ0) is 24.1. The number of benzene rings is 3. The molecule has 10 heteroatoms. The van der Waals surface area contributed by atoms with Gasteiger partial charge < -0.3 is 9.30 Å². The molecule has 3 heterocycles. The average molecular weight is 504 g/mol. The van der Waals surface area contributed by atoms with Gasteiger partial charge >= 0.3 is 0 Å². The van der Waals surface area contributed by atoms with Crippen molar-refractivity contribution < 1.29 is 14.3 Å². The van der Waals surface area contributed by atoms with Gasteiger partial charge in [0.1, 0.15) is 12.1 Å². The number of ether oxygens (including phenoxy) is 1. The maximum absolute atomic E-state index is 13.1. The summed E-state index contributed by atoms with van der Waals surface area (Å²) in [4.78, 5) is 30.3. The highest BCUT2D eigenvalue weighted by Gasteiger charge is 2.35. The molecule has 0 bridgehead atoms. The Bertz CT molecular complexity index is 1640. The number of aryl methyl sites for hydroxylation is 1. The minimum atomic E-state index is -0.425. The van der Waals surface area contributed by atoms with Crippen molar-refractivity contribution >= 4 is 57.0 Å². The fourth-order valence-electron chi connectivity index (χ4n) is 4.68. The monoisotopic (exact) mass is 503 g/mol. The number of hydrogen-bond acceptors (Lipinski definition) is 6. The van der Waals surface area contributed by atoms with Gasteiger partial charge in [0.15, 0.2) is 5.16 Å². The van der Waals surface area contributed by atoms with Crippen LogP contribution in [0.25, 0.3) is 32.9 Å². The van der Waals surface area contributed by atoms with E-state index in [1.54, 1.807) is 24.9 Å². The lowest BCUT2D eigenvalue weighted by Crippen LogP contribution is -2.20. The lowest BCUT2D eigenvalue weighted by atomic mass is 9.93. The normalized spacial score (nSPS) is 13.0. The number of methoxy groups -OCH3 is 1. The van der Waals surface area contributed by atoms with Gasteiger partial charge in [0.2, 0.25) is 0 Å². The second kappa shape index (κ2) is 8.44. The molecule has 5 aromatic rings. The molecule has 1 aliphatic heterocycles. The van der Waals surface area contributed by atoms with E-state index in [0.717, 1.165) is 27.0 Å². The summed E-state index contributed by atoms with van der Waals surface area (Å²) in [6.07, 6.45) is 1.48. The van der Waals surface area contributed by atoms with Crippen molar-refractivity contribution in [3.8, 4) is 16.9 Å². The number of carbonyl (C=O) groups excluding carboxylic acids is 2. The summed E-state index contributed by atoms with van der Waals surface area (Å²) in [5, 5.41) is 12.0. The predicted octanol–water partition coefficient (Wildman–Crippen LogP) is 4.92. The molecule has 35 heavy (non-hydrogen) atoms. The molecule has 8 nitrogen and oxygen atoms in total. The van der Waals surface area contributed by atoms with Crippen molar-refractivity contribution in [2.24, 2.45) is 0 Å². The summed E-state index contributed by atoms with van der Waals surface area (Å²) in [5.74, 6) is 0.540. The predicted molar refractivity (Wildman–Crippen MR) is 135 cm³/mol. The van der Waals surface area contributed by atoms with Crippen molar-refractivity contribution in [3.63, 3.8) is 0 Å². The van der Waals surface area contributed by atoms with Gasteiger partial charge in [0.05, 0.1) is 23.8 Å². The van der Waals surface area contributed by atoms with Gasteiger partial charge in [-0.25, -0.2) is 4.98 Å². The SMILES string of the molecule is COc1ccc2c(c1)c1c3c(c(-c4ccccc4Cl)cc1n2CCSc1ncn[nH]1)C(=O)NC3=O. The molecule has 0 fully saturated rings. The third kappa shape index (κ3) is 3.46. The highest BCUT2D eigenvalue weighted by atomic mass is 35.5. The number of imide groups is 1. The largest absolute Gasteiger partial charge is 0.497 e. The number of hydrogen-bond donors (Lipinski definition) is 2. The molecule has 0 aliphatic carbocycles. The minimum absolute atomic E-state index is 0.341. The van der Waals surface area contributed by atoms with E-state index in [0.29, 0.717) is 45.3 Å². The van der Waals surface area contributed by atoms with Crippen LogP contribution in [0.2, 0.25) is 5.02 Å². The number of aromatic nitrogens is 4. The second-order valence-corrected chi connectivity index (χ2v) is 9.50. The van der Waals surface area contributed by atoms with Crippen LogP contribution in [-0.4, -0.2) is 44.4 Å². The Balaban J connectivity index is 1.65. The zero-order valence-corrected chi connectivity index (χ0v) is 20.0. The first kappa shape index (κ1) is 21.7. The third-order valence-corrected chi connectivity index (χ3v) is 7.34. The lowest BCUT2D eigenvalue weighted by Gasteiger charge is -2.12. The molecule has 0 radical (unpaired) electrons. The summed E-state index contributed by atoms with van der Waals surface area (Å²) in [5.41, 5.74) is 3.80. The summed E-state index contributed by atoms with van der Waals surface area (Å²) >= 11 is 8.09. The van der Waals surface area contributed by atoms with Crippen LogP contribution in [0.4, 0.5) is 0 Å². The number of halogens is 1. The molecule has 0 unspecified atom stereocenters. The summed E-state index contributed by atoms with van der Waals surface area (Å²) in [6, 6.07) is 15.1. The molecule has 2 aromatic heterocycles. The first-order valence-electron chi connectivity index (χ1n) is 10.8. The van der Waals surface area contributed by atoms with E-state index < -0.39 is 11.8 Å². The summed E-state index contributed by atoms with van der Waals surface area (Å²) in [6.45, 7) is 0.633. The quantitative estimate of drug-likeness (QED) is 0.252. The topological polar surface area (TPSA) is 102 Å². The molecule has 6 rings (SSSR count). The fourth-order valence-corrected chi connectivity index (χ4v) is 5.63. The van der Waals surface area contributed by atoms with Gasteiger partial charge in [-0.1, -0.05) is 41.6 Å². The van der Waals surface area contributed by atoms with Gasteiger partial charge in [-0.05, 0) is 35.9 Å². The summed E-state index contributed by atoms with van der Waals surface area (Å²) < 4.78 is 7.63. The molecule has 0 atom stereocenters. The highest BCUT2D eigenvalue weighted by Crippen LogP contribution is 2.42. The Kier molecular flexibility index (Phi) is 5.23. The number of aromatic amines is 1. The number of carbonyl (C=O) groups is 2. The molecule has 1 aliphatic rings. The number of nitrogens with zero attached hydrogens (tertiary/aromatic N) is 3. The molecule has 0 saturated carbocycles. The minimum Gasteiger partial charge on any atom is -0.497 e. The zero-order valence-electron chi connectivity index (χ0n) is 18.5. The van der Waals surface area contributed by atoms with Crippen LogP contribution in [0, 0.1) is 0 Å². The van der Waals surface area contributed by atoms with E-state index in [9.17, 15) is 9.59 Å². The maximum Gasteiger partial charge on any atom is 0.259 e. The van der Waals surface area contributed by atoms with E-state index in [1.807, 2.05) is 42.5 Å². The fraction of sp³-hybridized carbons (Fsp3) is 0.120. The Morgan fingerprint density at radius 2 is 1.86 bits per heavy atom. The maximum atomic E-state index is 13.1. The number of nitrogens with one attached hydrogen (secondary N) is 2. The number of rotatable bonds is 6. The molecule has 3 aromatic carbocycles. The number of fused-ring (bicyclic) bond motifs is 5. The van der Waals surface area contributed by atoms with Gasteiger partial charge in [-0.15, -0.1) is 0 Å². The van der Waals surface area contributed by atoms with Crippen LogP contribution in [0.1, 0.15) is 20.7 Å². The lowest BCUT2D eigenvalue weighted by molar-refractivity contribution is 0.0880. The van der Waals surface area contributed by atoms with E-state index in [1.165, 1.54) is 6.33 Å². The van der Waals surface area contributed by atoms with E-state index >= 15 is 0 Å². The number of H-pyrrole nitrogens is 1. The second-order valence-electron chi connectivity index (χ2n) is 8.01. The van der Waals surface area contributed by atoms with Crippen molar-refractivity contribution in [1.29, 1.82) is 0 Å². The molecular weight excluding hydrogens is 486 g/mol. The average Bonchev–Trinajstić information content (AvgIpc) is 3.56. The molecule has 174 valence electrons. The van der Waals surface area contributed by atoms with Gasteiger partial charge in [0, 0.05) is 39.2 Å². The Morgan fingerprint density at radius 1 is 1.03 bits per heavy atom. The third-order valence-electron chi connectivity index (χ3n) is 6.15. The first-order valence-corrected chi connectivity index (χ1v) is 12.2. The number of thioether (sulfide) groups is 1. The van der Waals surface area contributed by atoms with Crippen LogP contribution in [0.5, 0.6) is 5.75 Å². The Morgan fingerprint density at radius 3 is 2.63 bits per heavy atom. The van der Waals surface area contributed by atoms with E-state index in [2.05, 4.69) is 25.1 Å². The Labute approximate surface area is 208 Å². The van der Waals surface area contributed by atoms with Gasteiger partial charge in [-0.3, -0.25) is 20.0 Å². The standard InChI is InChI=1S/C25H18ClN5O3S/c1-34-13-6-7-18-16(10-13)20-19(31(18)8-9-35-25-27-12-28-30-25)11-15(14-4-2-3-5-17(14)26)21-22(20)24(33)29-23(21)32/h2-7,10-12H,8-9H2,1H3,(H,27,28,30)(H,29,32,33). The van der Waals surface area contributed by atoms with Crippen molar-refractivity contribution in [3.05, 3.63) is 71.0 Å². The first-order chi connectivity index (χ1) is 17.1. The van der Waals surface area contributed by atoms with Crippen LogP contribution in [0.3, 0.4) is 0 Å². The van der Waals surface area contributed by atoms with Crippen LogP contribution in [0.15, 0.2) is 60.0 Å². The van der Waals surface area contributed by atoms with Crippen molar-refractivity contribution in [1.82, 2.24) is 25.1 Å². The number of amides is 2. The van der Waals surface area contributed by atoms with E-state index in [-0.39, 0.29) is 0 Å². The van der Waals surface area contributed by atoms with Crippen molar-refractivity contribution in [2.45, 2.75) is 11.7 Å². The smallest absolute Gasteiger partial charge is 0.259 e. The molecular formula is C25H18ClN5O3S. The highest BCUT2D eigenvalue weighted by molar-refractivity contribution is 7.99. The molecule has 2 N–H and O–H groups in total. The van der Waals surface area contributed by atoms with Gasteiger partial charge in [0.25, 0.3) is 11.8 Å². The van der Waals surface area contributed by atoms with Crippen LogP contribution < -0.4 is 10.1 Å². The molecule has 0 spiro atoms. The molecule has 2 amide bonds. The Hall–Kier alpha value is -3.82. The molecule has 0 saturated heterocycles. The van der Waals surface area contributed by atoms with Crippen LogP contribution >= 0.6 is 23.4 Å². The van der Waals surface area contributed by atoms with Crippen molar-refractivity contribution in [2.75, 3.05) is 12.9 Å². The van der Waals surface area contributed by atoms with E-state index in [4.69, 9.17) is 16.3 Å². The van der Waals surface area contributed by atoms with Gasteiger partial charge in [-0.2, -0.15) is 5.10 Å². The van der Waals surface area contributed by atoms with Crippen LogP contribution in [-0.2, 0) is 6.54 Å².